The van der Waals surface area contributed by atoms with Gasteiger partial charge in [0.05, 0.1) is 0 Å². The molecule has 2 atom stereocenters. The second-order valence-electron chi connectivity index (χ2n) is 6.09. The Morgan fingerprint density at radius 3 is 2.36 bits per heavy atom. The number of carbonyl (C=O) groups is 2. The van der Waals surface area contributed by atoms with Gasteiger partial charge in [0.25, 0.3) is 0 Å². The van der Waals surface area contributed by atoms with Crippen molar-refractivity contribution in [1.29, 1.82) is 0 Å². The molecule has 7 nitrogen and oxygen atoms in total. The Morgan fingerprint density at radius 1 is 1.12 bits per heavy atom. The van der Waals surface area contributed by atoms with Crippen molar-refractivity contribution in [3.8, 4) is 0 Å². The van der Waals surface area contributed by atoms with Crippen molar-refractivity contribution in [3.63, 3.8) is 0 Å². The van der Waals surface area contributed by atoms with E-state index in [1.807, 2.05) is 37.3 Å². The van der Waals surface area contributed by atoms with E-state index in [2.05, 4.69) is 10.3 Å². The molecule has 0 aliphatic heterocycles. The maximum Gasteiger partial charge on any atom is 0.240 e. The molecule has 138 valence electrons. The largest absolute Gasteiger partial charge is 0.370 e. The molecule has 0 fully saturated rings. The number of hydrogen-bond acceptors (Lipinski definition) is 3. The van der Waals surface area contributed by atoms with E-state index in [4.69, 9.17) is 17.2 Å². The molecular formula is C18H29N5O2. The number of guanidine groups is 1. The van der Waals surface area contributed by atoms with Crippen LogP contribution in [0.1, 0.15) is 38.2 Å². The average molecular weight is 347 g/mol. The summed E-state index contributed by atoms with van der Waals surface area (Å²) in [4.78, 5) is 28.1. The van der Waals surface area contributed by atoms with Crippen molar-refractivity contribution in [1.82, 2.24) is 5.32 Å². The lowest BCUT2D eigenvalue weighted by Crippen LogP contribution is -2.47. The number of nitrogens with one attached hydrogen (secondary N) is 1. The monoisotopic (exact) mass is 347 g/mol. The number of benzene rings is 1. The second-order valence-corrected chi connectivity index (χ2v) is 6.09. The Morgan fingerprint density at radius 2 is 1.80 bits per heavy atom. The summed E-state index contributed by atoms with van der Waals surface area (Å²) in [5, 5.41) is 2.79. The van der Waals surface area contributed by atoms with Crippen LogP contribution < -0.4 is 22.5 Å². The van der Waals surface area contributed by atoms with Gasteiger partial charge in [0.1, 0.15) is 6.04 Å². The van der Waals surface area contributed by atoms with Gasteiger partial charge in [0.2, 0.25) is 11.8 Å². The molecule has 7 heteroatoms. The van der Waals surface area contributed by atoms with Crippen LogP contribution in [0.15, 0.2) is 35.3 Å². The van der Waals surface area contributed by atoms with Crippen LogP contribution in [0.5, 0.6) is 0 Å². The van der Waals surface area contributed by atoms with Crippen molar-refractivity contribution in [2.24, 2.45) is 28.1 Å². The Bertz CT molecular complexity index is 570. The van der Waals surface area contributed by atoms with E-state index in [1.165, 1.54) is 0 Å². The third-order valence-corrected chi connectivity index (χ3v) is 3.94. The fourth-order valence-corrected chi connectivity index (χ4v) is 2.65. The Kier molecular flexibility index (Phi) is 9.06. The zero-order chi connectivity index (χ0) is 18.7. The lowest BCUT2D eigenvalue weighted by molar-refractivity contribution is -0.130. The molecule has 1 aromatic rings. The number of carbonyl (C=O) groups excluding carboxylic acids is 2. The minimum absolute atomic E-state index is 0.00512. The molecule has 0 heterocycles. The molecule has 0 unspecified atom stereocenters. The van der Waals surface area contributed by atoms with Crippen molar-refractivity contribution in [3.05, 3.63) is 35.9 Å². The zero-order valence-corrected chi connectivity index (χ0v) is 14.8. The summed E-state index contributed by atoms with van der Waals surface area (Å²) in [5.41, 5.74) is 17.0. The molecule has 0 aromatic heterocycles. The Hall–Kier alpha value is -2.57. The van der Waals surface area contributed by atoms with Crippen LogP contribution in [0.4, 0.5) is 0 Å². The van der Waals surface area contributed by atoms with Gasteiger partial charge in [-0.3, -0.25) is 14.6 Å². The van der Waals surface area contributed by atoms with Crippen LogP contribution in [-0.2, 0) is 16.0 Å². The highest BCUT2D eigenvalue weighted by atomic mass is 16.2. The Balaban J connectivity index is 2.64. The van der Waals surface area contributed by atoms with Crippen molar-refractivity contribution in [2.45, 2.75) is 45.1 Å². The number of amides is 2. The molecule has 0 saturated heterocycles. The molecule has 0 aliphatic carbocycles. The van der Waals surface area contributed by atoms with Crippen LogP contribution in [0.2, 0.25) is 0 Å². The molecule has 1 aromatic carbocycles. The van der Waals surface area contributed by atoms with Crippen molar-refractivity contribution >= 4 is 17.8 Å². The van der Waals surface area contributed by atoms with E-state index in [0.717, 1.165) is 18.4 Å². The van der Waals surface area contributed by atoms with Gasteiger partial charge in [-0.15, -0.1) is 0 Å². The number of nitrogens with two attached hydrogens (primary N) is 3. The predicted octanol–water partition coefficient (Wildman–Crippen LogP) is 0.669. The van der Waals surface area contributed by atoms with Gasteiger partial charge in [0, 0.05) is 12.5 Å². The predicted molar refractivity (Wildman–Crippen MR) is 99.6 cm³/mol. The number of primary amides is 1. The molecule has 1 rings (SSSR count). The molecule has 0 bridgehead atoms. The number of hydrogen-bond donors (Lipinski definition) is 4. The van der Waals surface area contributed by atoms with Gasteiger partial charge in [0.15, 0.2) is 5.96 Å². The summed E-state index contributed by atoms with van der Waals surface area (Å²) in [6.07, 6.45) is 3.24. The van der Waals surface area contributed by atoms with Crippen LogP contribution in [0, 0.1) is 5.92 Å². The molecule has 25 heavy (non-hydrogen) atoms. The van der Waals surface area contributed by atoms with Gasteiger partial charge in [-0.2, -0.15) is 0 Å². The van der Waals surface area contributed by atoms with Gasteiger partial charge in [-0.1, -0.05) is 43.7 Å². The molecule has 0 saturated carbocycles. The quantitative estimate of drug-likeness (QED) is 0.265. The Labute approximate surface area is 149 Å². The summed E-state index contributed by atoms with van der Waals surface area (Å²) < 4.78 is 0. The second kappa shape index (κ2) is 11.1. The van der Waals surface area contributed by atoms with Crippen LogP contribution >= 0.6 is 0 Å². The van der Waals surface area contributed by atoms with Gasteiger partial charge < -0.3 is 22.5 Å². The summed E-state index contributed by atoms with van der Waals surface area (Å²) in [7, 11) is 0. The minimum atomic E-state index is -0.711. The van der Waals surface area contributed by atoms with Crippen LogP contribution in [0.3, 0.4) is 0 Å². The first-order chi connectivity index (χ1) is 11.9. The third-order valence-electron chi connectivity index (χ3n) is 3.94. The van der Waals surface area contributed by atoms with Gasteiger partial charge in [-0.05, 0) is 31.2 Å². The number of nitrogens with zero attached hydrogens (tertiary/aromatic N) is 1. The molecule has 0 radical (unpaired) electrons. The van der Waals surface area contributed by atoms with Gasteiger partial charge >= 0.3 is 0 Å². The van der Waals surface area contributed by atoms with E-state index in [-0.39, 0.29) is 17.8 Å². The lowest BCUT2D eigenvalue weighted by atomic mass is 9.93. The maximum atomic E-state index is 12.6. The zero-order valence-electron chi connectivity index (χ0n) is 14.8. The number of rotatable bonds is 11. The number of aliphatic imine (C=N–C) groups is 1. The summed E-state index contributed by atoms with van der Waals surface area (Å²) in [6.45, 7) is 2.43. The topological polar surface area (TPSA) is 137 Å². The van der Waals surface area contributed by atoms with E-state index >= 15 is 0 Å². The highest BCUT2D eigenvalue weighted by Crippen LogP contribution is 2.15. The first kappa shape index (κ1) is 20.5. The molecule has 0 aliphatic rings. The fraction of sp³-hybridized carbons (Fsp3) is 0.500. The van der Waals surface area contributed by atoms with E-state index in [1.54, 1.807) is 0 Å². The third kappa shape index (κ3) is 8.19. The molecule has 7 N–H and O–H groups in total. The SMILES string of the molecule is CCC[C@H](Cc1ccccc1)C(=O)N[C@@H](CCCN=C(N)N)C(N)=O. The van der Waals surface area contributed by atoms with Crippen molar-refractivity contribution < 1.29 is 9.59 Å². The highest BCUT2D eigenvalue weighted by molar-refractivity contribution is 5.87. The average Bonchev–Trinajstić information content (AvgIpc) is 2.57. The maximum absolute atomic E-state index is 12.6. The molecular weight excluding hydrogens is 318 g/mol. The lowest BCUT2D eigenvalue weighted by Gasteiger charge is -2.20. The van der Waals surface area contributed by atoms with Crippen LogP contribution in [0.25, 0.3) is 0 Å². The first-order valence-electron chi connectivity index (χ1n) is 8.63. The molecule has 0 spiro atoms. The standard InChI is InChI=1S/C18H29N5O2/c1-2-7-14(12-13-8-4-3-5-9-13)17(25)23-15(16(19)24)10-6-11-22-18(20)21/h3-5,8-9,14-15H,2,6-7,10-12H2,1H3,(H2,19,24)(H,23,25)(H4,20,21,22)/t14-,15+/m1/s1. The van der Waals surface area contributed by atoms with Gasteiger partial charge in [-0.25, -0.2) is 0 Å². The minimum Gasteiger partial charge on any atom is -0.370 e. The normalized spacial score (nSPS) is 12.8. The van der Waals surface area contributed by atoms with Crippen molar-refractivity contribution in [2.75, 3.05) is 6.54 Å². The summed E-state index contributed by atoms with van der Waals surface area (Å²) in [6, 6.07) is 9.13. The fourth-order valence-electron chi connectivity index (χ4n) is 2.65. The highest BCUT2D eigenvalue weighted by Gasteiger charge is 2.23. The molecule has 2 amide bonds. The summed E-state index contributed by atoms with van der Waals surface area (Å²) in [5.74, 6) is -0.873. The summed E-state index contributed by atoms with van der Waals surface area (Å²) >= 11 is 0. The first-order valence-corrected chi connectivity index (χ1v) is 8.63. The van der Waals surface area contributed by atoms with E-state index in [9.17, 15) is 9.59 Å². The van der Waals surface area contributed by atoms with E-state index < -0.39 is 11.9 Å². The van der Waals surface area contributed by atoms with E-state index in [0.29, 0.717) is 25.8 Å². The van der Waals surface area contributed by atoms with Crippen LogP contribution in [-0.4, -0.2) is 30.4 Å². The smallest absolute Gasteiger partial charge is 0.240 e.